The van der Waals surface area contributed by atoms with Gasteiger partial charge in [0, 0.05) is 23.8 Å². The number of aromatic nitrogens is 2. The van der Waals surface area contributed by atoms with E-state index in [0.29, 0.717) is 11.3 Å². The zero-order valence-corrected chi connectivity index (χ0v) is 17.5. The van der Waals surface area contributed by atoms with Gasteiger partial charge in [0.05, 0.1) is 16.2 Å². The Morgan fingerprint density at radius 3 is 2.32 bits per heavy atom. The van der Waals surface area contributed by atoms with Gasteiger partial charge in [0.1, 0.15) is 0 Å². The van der Waals surface area contributed by atoms with Crippen molar-refractivity contribution in [3.05, 3.63) is 106 Å². The molecule has 0 fully saturated rings. The third-order valence-electron chi connectivity index (χ3n) is 4.63. The molecule has 0 unspecified atom stereocenters. The van der Waals surface area contributed by atoms with Gasteiger partial charge >= 0.3 is 6.01 Å². The molecule has 10 heteroatoms. The quantitative estimate of drug-likeness (QED) is 0.237. The Hall–Kier alpha value is -5.12. The van der Waals surface area contributed by atoms with Gasteiger partial charge in [0.2, 0.25) is 11.8 Å². The minimum absolute atomic E-state index is 0.0749. The first-order chi connectivity index (χ1) is 16.5. The second kappa shape index (κ2) is 10.0. The lowest BCUT2D eigenvalue weighted by Gasteiger charge is -2.08. The van der Waals surface area contributed by atoms with Crippen molar-refractivity contribution in [2.75, 3.05) is 10.6 Å². The first-order valence-corrected chi connectivity index (χ1v) is 10.0. The summed E-state index contributed by atoms with van der Waals surface area (Å²) < 4.78 is 5.45. The van der Waals surface area contributed by atoms with E-state index in [1.165, 1.54) is 30.3 Å². The molecule has 0 aliphatic heterocycles. The second-order valence-electron chi connectivity index (χ2n) is 6.95. The topological polar surface area (TPSA) is 140 Å². The van der Waals surface area contributed by atoms with Crippen LogP contribution < -0.4 is 10.6 Å². The third kappa shape index (κ3) is 5.37. The molecule has 0 saturated heterocycles. The second-order valence-corrected chi connectivity index (χ2v) is 6.95. The molecule has 3 aromatic carbocycles. The SMILES string of the molecule is O=C(/C=C/c1ccccc1)Nc1ccccc1C(=O)Nc1nnc(-c2ccc([N+](=O)[O-])cc2)o1. The maximum Gasteiger partial charge on any atom is 0.322 e. The molecular formula is C24H17N5O5. The van der Waals surface area contributed by atoms with Crippen LogP contribution in [0.25, 0.3) is 17.5 Å². The van der Waals surface area contributed by atoms with Crippen molar-refractivity contribution >= 4 is 35.3 Å². The van der Waals surface area contributed by atoms with E-state index in [-0.39, 0.29) is 23.2 Å². The fourth-order valence-electron chi connectivity index (χ4n) is 2.98. The summed E-state index contributed by atoms with van der Waals surface area (Å²) in [6.07, 6.45) is 3.04. The Bertz CT molecular complexity index is 1360. The van der Waals surface area contributed by atoms with Crippen LogP contribution >= 0.6 is 0 Å². The van der Waals surface area contributed by atoms with Crippen molar-refractivity contribution in [3.8, 4) is 11.5 Å². The van der Waals surface area contributed by atoms with Crippen molar-refractivity contribution in [2.24, 2.45) is 0 Å². The van der Waals surface area contributed by atoms with E-state index in [2.05, 4.69) is 20.8 Å². The van der Waals surface area contributed by atoms with E-state index in [4.69, 9.17) is 4.42 Å². The van der Waals surface area contributed by atoms with Gasteiger partial charge in [-0.1, -0.05) is 47.6 Å². The molecule has 10 nitrogen and oxygen atoms in total. The fourth-order valence-corrected chi connectivity index (χ4v) is 2.98. The smallest absolute Gasteiger partial charge is 0.322 e. The predicted molar refractivity (Wildman–Crippen MR) is 125 cm³/mol. The molecule has 168 valence electrons. The first-order valence-electron chi connectivity index (χ1n) is 10.0. The molecule has 4 rings (SSSR count). The zero-order chi connectivity index (χ0) is 23.9. The molecule has 0 spiro atoms. The van der Waals surface area contributed by atoms with Gasteiger partial charge in [-0.15, -0.1) is 5.10 Å². The number of para-hydroxylation sites is 1. The number of carbonyl (C=O) groups is 2. The van der Waals surface area contributed by atoms with Gasteiger partial charge in [0.15, 0.2) is 0 Å². The number of carbonyl (C=O) groups excluding carboxylic acids is 2. The number of nitrogens with zero attached hydrogens (tertiary/aromatic N) is 3. The Kier molecular flexibility index (Phi) is 6.50. The van der Waals surface area contributed by atoms with E-state index in [9.17, 15) is 19.7 Å². The number of nitro benzene ring substituents is 1. The molecule has 1 aromatic heterocycles. The maximum absolute atomic E-state index is 12.8. The van der Waals surface area contributed by atoms with Crippen LogP contribution in [0.1, 0.15) is 15.9 Å². The number of anilines is 2. The average Bonchev–Trinajstić information content (AvgIpc) is 3.32. The van der Waals surface area contributed by atoms with Crippen LogP contribution in [0.15, 0.2) is 89.4 Å². The Balaban J connectivity index is 1.44. The number of hydrogen-bond acceptors (Lipinski definition) is 7. The van der Waals surface area contributed by atoms with Crippen molar-refractivity contribution in [1.82, 2.24) is 10.2 Å². The summed E-state index contributed by atoms with van der Waals surface area (Å²) in [7, 11) is 0. The van der Waals surface area contributed by atoms with Gasteiger partial charge in [-0.3, -0.25) is 25.0 Å². The summed E-state index contributed by atoms with van der Waals surface area (Å²) in [4.78, 5) is 35.4. The van der Waals surface area contributed by atoms with Gasteiger partial charge in [-0.2, -0.15) is 0 Å². The average molecular weight is 455 g/mol. The Morgan fingerprint density at radius 1 is 0.882 bits per heavy atom. The maximum atomic E-state index is 12.8. The summed E-state index contributed by atoms with van der Waals surface area (Å²) in [5.41, 5.74) is 1.74. The molecular weight excluding hydrogens is 438 g/mol. The summed E-state index contributed by atoms with van der Waals surface area (Å²) in [5, 5.41) is 23.6. The highest BCUT2D eigenvalue weighted by atomic mass is 16.6. The monoisotopic (exact) mass is 455 g/mol. The summed E-state index contributed by atoms with van der Waals surface area (Å²) in [6, 6.07) is 21.2. The number of nitro groups is 1. The minimum atomic E-state index is -0.568. The van der Waals surface area contributed by atoms with Crippen molar-refractivity contribution in [3.63, 3.8) is 0 Å². The number of benzene rings is 3. The molecule has 0 aliphatic rings. The number of rotatable bonds is 7. The molecule has 0 bridgehead atoms. The van der Waals surface area contributed by atoms with Crippen LogP contribution in [0.4, 0.5) is 17.4 Å². The van der Waals surface area contributed by atoms with Gasteiger partial charge in [0.25, 0.3) is 11.6 Å². The molecule has 0 saturated carbocycles. The van der Waals surface area contributed by atoms with Crippen molar-refractivity contribution in [1.29, 1.82) is 0 Å². The minimum Gasteiger partial charge on any atom is -0.403 e. The van der Waals surface area contributed by atoms with E-state index in [1.54, 1.807) is 30.3 Å². The van der Waals surface area contributed by atoms with Crippen LogP contribution in [0.2, 0.25) is 0 Å². The van der Waals surface area contributed by atoms with Crippen LogP contribution in [0.3, 0.4) is 0 Å². The summed E-state index contributed by atoms with van der Waals surface area (Å²) in [5.74, 6) is -0.887. The molecule has 4 aromatic rings. The van der Waals surface area contributed by atoms with Crippen LogP contribution in [-0.2, 0) is 4.79 Å². The number of hydrogen-bond donors (Lipinski definition) is 2. The van der Waals surface area contributed by atoms with Gasteiger partial charge in [-0.05, 0) is 35.9 Å². The lowest BCUT2D eigenvalue weighted by Crippen LogP contribution is -2.17. The molecule has 0 atom stereocenters. The van der Waals surface area contributed by atoms with Crippen LogP contribution in [-0.4, -0.2) is 26.9 Å². The predicted octanol–water partition coefficient (Wildman–Crippen LogP) is 4.55. The number of nitrogens with one attached hydrogen (secondary N) is 2. The number of amides is 2. The highest BCUT2D eigenvalue weighted by Crippen LogP contribution is 2.23. The van der Waals surface area contributed by atoms with Crippen LogP contribution in [0, 0.1) is 10.1 Å². The lowest BCUT2D eigenvalue weighted by molar-refractivity contribution is -0.384. The first kappa shape index (κ1) is 22.1. The van der Waals surface area contributed by atoms with E-state index in [0.717, 1.165) is 5.56 Å². The normalized spacial score (nSPS) is 10.7. The molecule has 2 amide bonds. The fraction of sp³-hybridized carbons (Fsp3) is 0. The number of non-ortho nitro benzene ring substituents is 1. The van der Waals surface area contributed by atoms with E-state index < -0.39 is 16.7 Å². The Labute approximate surface area is 193 Å². The standard InChI is InChI=1S/C24H17N5O5/c30-21(15-10-16-6-2-1-3-7-16)25-20-9-5-4-8-19(20)22(31)26-24-28-27-23(34-24)17-11-13-18(14-12-17)29(32)33/h1-15H,(H,25,30)(H,26,28,31)/b15-10+. The van der Waals surface area contributed by atoms with Gasteiger partial charge in [-0.25, -0.2) is 0 Å². The Morgan fingerprint density at radius 2 is 1.59 bits per heavy atom. The zero-order valence-electron chi connectivity index (χ0n) is 17.5. The highest BCUT2D eigenvalue weighted by Gasteiger charge is 2.17. The van der Waals surface area contributed by atoms with E-state index in [1.807, 2.05) is 30.3 Å². The van der Waals surface area contributed by atoms with Crippen LogP contribution in [0.5, 0.6) is 0 Å². The largest absolute Gasteiger partial charge is 0.403 e. The van der Waals surface area contributed by atoms with E-state index >= 15 is 0 Å². The lowest BCUT2D eigenvalue weighted by atomic mass is 10.1. The molecule has 1 heterocycles. The van der Waals surface area contributed by atoms with Crippen molar-refractivity contribution < 1.29 is 18.9 Å². The van der Waals surface area contributed by atoms with Gasteiger partial charge < -0.3 is 9.73 Å². The van der Waals surface area contributed by atoms with Crippen molar-refractivity contribution in [2.45, 2.75) is 0 Å². The summed E-state index contributed by atoms with van der Waals surface area (Å²) >= 11 is 0. The molecule has 2 N–H and O–H groups in total. The highest BCUT2D eigenvalue weighted by molar-refractivity contribution is 6.11. The summed E-state index contributed by atoms with van der Waals surface area (Å²) in [6.45, 7) is 0. The molecule has 34 heavy (non-hydrogen) atoms. The molecule has 0 radical (unpaired) electrons. The molecule has 0 aliphatic carbocycles. The third-order valence-corrected chi connectivity index (χ3v) is 4.63.